The Hall–Kier alpha value is -1.56. The van der Waals surface area contributed by atoms with E-state index in [2.05, 4.69) is 0 Å². The number of hydrogen-bond donors (Lipinski definition) is 0. The molecule has 0 radical (unpaired) electrons. The maximum atomic E-state index is 12.4. The molecule has 0 fully saturated rings. The molecule has 0 aromatic heterocycles. The number of nitrogens with zero attached hydrogens (tertiary/aromatic N) is 2. The number of hydrogen-bond acceptors (Lipinski definition) is 3. The van der Waals surface area contributed by atoms with Crippen LogP contribution in [0.2, 0.25) is 0 Å². The average molecular weight is 355 g/mol. The molecule has 0 aliphatic heterocycles. The number of benzene rings is 1. The molecule has 0 heterocycles. The Labute approximate surface area is 146 Å². The fraction of sp³-hybridized carbons (Fsp3) is 0.611. The van der Waals surface area contributed by atoms with E-state index < -0.39 is 10.0 Å². The summed E-state index contributed by atoms with van der Waals surface area (Å²) in [6.07, 6.45) is 3.19. The number of carbonyl (C=O) groups excluding carboxylic acids is 1. The molecule has 1 rings (SSSR count). The van der Waals surface area contributed by atoms with Crippen LogP contribution in [0.25, 0.3) is 0 Å². The van der Waals surface area contributed by atoms with Gasteiger partial charge in [-0.15, -0.1) is 0 Å². The summed E-state index contributed by atoms with van der Waals surface area (Å²) in [5.41, 5.74) is 2.54. The summed E-state index contributed by atoms with van der Waals surface area (Å²) in [5, 5.41) is 0. The lowest BCUT2D eigenvalue weighted by Crippen LogP contribution is -2.37. The van der Waals surface area contributed by atoms with Crippen LogP contribution in [0.4, 0.5) is 5.69 Å². The smallest absolute Gasteiger partial charge is 0.232 e. The van der Waals surface area contributed by atoms with E-state index in [0.717, 1.165) is 37.1 Å². The van der Waals surface area contributed by atoms with Crippen LogP contribution in [-0.4, -0.2) is 45.1 Å². The van der Waals surface area contributed by atoms with Gasteiger partial charge in [-0.1, -0.05) is 26.0 Å². The summed E-state index contributed by atoms with van der Waals surface area (Å²) >= 11 is 0. The van der Waals surface area contributed by atoms with Crippen molar-refractivity contribution >= 4 is 21.6 Å². The van der Waals surface area contributed by atoms with Gasteiger partial charge in [0.1, 0.15) is 0 Å². The molecule has 24 heavy (non-hydrogen) atoms. The fourth-order valence-corrected chi connectivity index (χ4v) is 3.69. The van der Waals surface area contributed by atoms with Gasteiger partial charge in [-0.2, -0.15) is 0 Å². The molecule has 0 aliphatic rings. The molecule has 0 spiro atoms. The van der Waals surface area contributed by atoms with Crippen molar-refractivity contribution in [1.82, 2.24) is 4.90 Å². The van der Waals surface area contributed by atoms with Crippen LogP contribution in [0.3, 0.4) is 0 Å². The third-order valence-electron chi connectivity index (χ3n) is 3.90. The van der Waals surface area contributed by atoms with Gasteiger partial charge in [-0.05, 0) is 43.9 Å². The van der Waals surface area contributed by atoms with Crippen molar-refractivity contribution in [3.8, 4) is 0 Å². The van der Waals surface area contributed by atoms with Crippen LogP contribution in [0.1, 0.15) is 44.2 Å². The zero-order valence-electron chi connectivity index (χ0n) is 15.5. The van der Waals surface area contributed by atoms with Crippen LogP contribution in [0.15, 0.2) is 18.2 Å². The summed E-state index contributed by atoms with van der Waals surface area (Å²) in [6.45, 7) is 9.49. The second-order valence-corrected chi connectivity index (χ2v) is 8.16. The zero-order chi connectivity index (χ0) is 18.3. The van der Waals surface area contributed by atoms with E-state index in [9.17, 15) is 13.2 Å². The van der Waals surface area contributed by atoms with Gasteiger partial charge in [0.15, 0.2) is 0 Å². The van der Waals surface area contributed by atoms with E-state index in [-0.39, 0.29) is 18.9 Å². The minimum atomic E-state index is -3.44. The van der Waals surface area contributed by atoms with Crippen LogP contribution in [0, 0.1) is 13.8 Å². The molecule has 5 nitrogen and oxygen atoms in total. The Bertz CT molecular complexity index is 650. The molecule has 1 aromatic carbocycles. The van der Waals surface area contributed by atoms with E-state index in [1.807, 2.05) is 50.8 Å². The number of anilines is 1. The molecule has 0 bridgehead atoms. The summed E-state index contributed by atoms with van der Waals surface area (Å²) in [4.78, 5) is 14.3. The highest BCUT2D eigenvalue weighted by Gasteiger charge is 2.22. The number of aryl methyl sites for hydroxylation is 2. The first kappa shape index (κ1) is 20.5. The first-order valence-corrected chi connectivity index (χ1v) is 10.4. The lowest BCUT2D eigenvalue weighted by atomic mass is 10.1. The van der Waals surface area contributed by atoms with Crippen molar-refractivity contribution in [2.24, 2.45) is 0 Å². The quantitative estimate of drug-likeness (QED) is 0.685. The lowest BCUT2D eigenvalue weighted by molar-refractivity contribution is -0.131. The Morgan fingerprint density at radius 3 is 2.12 bits per heavy atom. The molecular weight excluding hydrogens is 324 g/mol. The Kier molecular flexibility index (Phi) is 7.73. The van der Waals surface area contributed by atoms with Crippen molar-refractivity contribution in [3.05, 3.63) is 29.3 Å². The number of carbonyl (C=O) groups is 1. The van der Waals surface area contributed by atoms with Crippen LogP contribution in [0.5, 0.6) is 0 Å². The second-order valence-electron chi connectivity index (χ2n) is 6.26. The molecule has 0 atom stereocenters. The first-order valence-electron chi connectivity index (χ1n) is 8.53. The van der Waals surface area contributed by atoms with Gasteiger partial charge in [0.25, 0.3) is 0 Å². The molecule has 6 heteroatoms. The number of rotatable bonds is 9. The SMILES string of the molecule is CCCN(CCC)C(=O)CCN(c1cc(C)ccc1C)S(C)(=O)=O. The van der Waals surface area contributed by atoms with E-state index in [1.54, 1.807) is 0 Å². The van der Waals surface area contributed by atoms with Gasteiger partial charge >= 0.3 is 0 Å². The zero-order valence-corrected chi connectivity index (χ0v) is 16.3. The first-order chi connectivity index (χ1) is 11.2. The molecular formula is C18H30N2O3S. The largest absolute Gasteiger partial charge is 0.343 e. The topological polar surface area (TPSA) is 57.7 Å². The van der Waals surface area contributed by atoms with Crippen molar-refractivity contribution < 1.29 is 13.2 Å². The summed E-state index contributed by atoms with van der Waals surface area (Å²) in [6, 6.07) is 5.72. The predicted molar refractivity (Wildman–Crippen MR) is 99.9 cm³/mol. The standard InChI is InChI=1S/C18H30N2O3S/c1-6-11-19(12-7-2)18(21)10-13-20(24(5,22)23)17-14-15(3)8-9-16(17)4/h8-9,14H,6-7,10-13H2,1-5H3. The van der Waals surface area contributed by atoms with E-state index >= 15 is 0 Å². The van der Waals surface area contributed by atoms with Crippen LogP contribution in [-0.2, 0) is 14.8 Å². The highest BCUT2D eigenvalue weighted by molar-refractivity contribution is 7.92. The predicted octanol–water partition coefficient (Wildman–Crippen LogP) is 3.11. The normalized spacial score (nSPS) is 11.4. The van der Waals surface area contributed by atoms with Gasteiger partial charge in [0.05, 0.1) is 11.9 Å². The molecule has 136 valence electrons. The Morgan fingerprint density at radius 1 is 1.04 bits per heavy atom. The van der Waals surface area contributed by atoms with E-state index in [4.69, 9.17) is 0 Å². The molecule has 1 aromatic rings. The van der Waals surface area contributed by atoms with Crippen molar-refractivity contribution in [3.63, 3.8) is 0 Å². The molecule has 0 N–H and O–H groups in total. The van der Waals surface area contributed by atoms with Gasteiger partial charge in [-0.25, -0.2) is 8.42 Å². The van der Waals surface area contributed by atoms with Crippen molar-refractivity contribution in [2.75, 3.05) is 30.2 Å². The summed E-state index contributed by atoms with van der Waals surface area (Å²) in [5.74, 6) is 0.0117. The van der Waals surface area contributed by atoms with Gasteiger partial charge in [0, 0.05) is 26.1 Å². The molecule has 0 saturated carbocycles. The minimum Gasteiger partial charge on any atom is -0.343 e. The molecule has 0 aliphatic carbocycles. The van der Waals surface area contributed by atoms with E-state index in [1.165, 1.54) is 10.6 Å². The Balaban J connectivity index is 2.96. The van der Waals surface area contributed by atoms with Crippen molar-refractivity contribution in [1.29, 1.82) is 0 Å². The molecule has 0 unspecified atom stereocenters. The summed E-state index contributed by atoms with van der Waals surface area (Å²) in [7, 11) is -3.44. The highest BCUT2D eigenvalue weighted by atomic mass is 32.2. The molecule has 1 amide bonds. The fourth-order valence-electron chi connectivity index (χ4n) is 2.71. The number of amides is 1. The van der Waals surface area contributed by atoms with Crippen LogP contribution >= 0.6 is 0 Å². The third-order valence-corrected chi connectivity index (χ3v) is 5.08. The summed E-state index contributed by atoms with van der Waals surface area (Å²) < 4.78 is 25.8. The van der Waals surface area contributed by atoms with Crippen molar-refractivity contribution in [2.45, 2.75) is 47.0 Å². The van der Waals surface area contributed by atoms with Crippen LogP contribution < -0.4 is 4.31 Å². The third kappa shape index (κ3) is 5.82. The monoisotopic (exact) mass is 354 g/mol. The maximum Gasteiger partial charge on any atom is 0.232 e. The molecule has 0 saturated heterocycles. The minimum absolute atomic E-state index is 0.0117. The number of sulfonamides is 1. The van der Waals surface area contributed by atoms with Gasteiger partial charge in [-0.3, -0.25) is 9.10 Å². The Morgan fingerprint density at radius 2 is 1.62 bits per heavy atom. The maximum absolute atomic E-state index is 12.4. The van der Waals surface area contributed by atoms with Gasteiger partial charge in [0.2, 0.25) is 15.9 Å². The van der Waals surface area contributed by atoms with E-state index in [0.29, 0.717) is 5.69 Å². The highest BCUT2D eigenvalue weighted by Crippen LogP contribution is 2.24. The average Bonchev–Trinajstić information content (AvgIpc) is 2.49. The lowest BCUT2D eigenvalue weighted by Gasteiger charge is -2.26. The van der Waals surface area contributed by atoms with Gasteiger partial charge < -0.3 is 4.90 Å². The second kappa shape index (κ2) is 9.06.